The normalized spacial score (nSPS) is 11.5. The smallest absolute Gasteiger partial charge is 0.407 e. The van der Waals surface area contributed by atoms with Crippen molar-refractivity contribution in [1.29, 1.82) is 5.39 Å². The first kappa shape index (κ1) is 18.2. The van der Waals surface area contributed by atoms with E-state index in [1.54, 1.807) is 0 Å². The monoisotopic (exact) mass is 392 g/mol. The molecule has 106 valence electrons. The molecule has 19 heavy (non-hydrogen) atoms. The summed E-state index contributed by atoms with van der Waals surface area (Å²) in [7, 11) is -9.98. The minimum atomic E-state index is -5.02. The van der Waals surface area contributed by atoms with E-state index in [1.807, 2.05) is 0 Å². The molecule has 0 aliphatic carbocycles. The molecule has 1 aromatic carbocycles. The lowest BCUT2D eigenvalue weighted by Crippen LogP contribution is -3.00. The zero-order valence-corrected chi connectivity index (χ0v) is 13.0. The number of nitrogens with zero attached hydrogens (tertiary/aromatic N) is 2. The molecule has 1 rings (SSSR count). The average molecular weight is 394 g/mol. The van der Waals surface area contributed by atoms with Crippen LogP contribution in [0.25, 0.3) is 4.98 Å². The maximum absolute atomic E-state index is 11.2. The largest absolute Gasteiger partial charge is 1.00 e. The molecule has 0 amide bonds. The fourth-order valence-corrected chi connectivity index (χ4v) is 4.40. The Hall–Kier alpha value is -0.770. The Bertz CT molecular complexity index is 768. The van der Waals surface area contributed by atoms with Gasteiger partial charge in [0, 0.05) is 10.5 Å². The molecule has 12 heteroatoms. The van der Waals surface area contributed by atoms with Gasteiger partial charge >= 0.3 is 15.8 Å². The Morgan fingerprint density at radius 3 is 1.89 bits per heavy atom. The summed E-state index contributed by atoms with van der Waals surface area (Å²) in [6.07, 6.45) is 0. The summed E-state index contributed by atoms with van der Waals surface area (Å²) in [6.45, 7) is 1.38. The zero-order chi connectivity index (χ0) is 14.3. The lowest BCUT2D eigenvalue weighted by Gasteiger charge is -2.06. The van der Waals surface area contributed by atoms with E-state index >= 15 is 0 Å². The summed E-state index contributed by atoms with van der Waals surface area (Å²) in [4.78, 5) is 0.288. The Morgan fingerprint density at radius 1 is 1.16 bits per heavy atom. The van der Waals surface area contributed by atoms with Crippen LogP contribution >= 0.6 is 15.9 Å². The van der Waals surface area contributed by atoms with Gasteiger partial charge in [0.05, 0.1) is 0 Å². The van der Waals surface area contributed by atoms with Crippen LogP contribution in [0.3, 0.4) is 0 Å². The number of halogens is 2. The van der Waals surface area contributed by atoms with Crippen LogP contribution in [0.2, 0.25) is 0 Å². The van der Waals surface area contributed by atoms with E-state index in [0.717, 1.165) is 6.07 Å². The lowest BCUT2D eigenvalue weighted by atomic mass is 10.2. The van der Waals surface area contributed by atoms with Gasteiger partial charge in [-0.25, -0.2) is 0 Å². The van der Waals surface area contributed by atoms with Crippen LogP contribution in [-0.2, 0) is 20.2 Å². The number of hydrogen-bond acceptors (Lipinski definition) is 5. The van der Waals surface area contributed by atoms with Gasteiger partial charge in [0.1, 0.15) is 4.90 Å². The molecule has 2 N–H and O–H groups in total. The predicted octanol–water partition coefficient (Wildman–Crippen LogP) is -1.26. The van der Waals surface area contributed by atoms with E-state index in [0.29, 0.717) is 0 Å². The van der Waals surface area contributed by atoms with Crippen LogP contribution in [0.4, 0.5) is 5.69 Å². The summed E-state index contributed by atoms with van der Waals surface area (Å²) >= 11 is 2.78. The van der Waals surface area contributed by atoms with Gasteiger partial charge in [0.25, 0.3) is 10.1 Å². The average Bonchev–Trinajstić information content (AvgIpc) is 2.17. The fourth-order valence-electron chi connectivity index (χ4n) is 1.28. The first-order valence-electron chi connectivity index (χ1n) is 4.13. The number of benzene rings is 1. The lowest BCUT2D eigenvalue weighted by molar-refractivity contribution is -0.0000120. The van der Waals surface area contributed by atoms with Gasteiger partial charge in [-0.2, -0.15) is 16.8 Å². The second-order valence-electron chi connectivity index (χ2n) is 3.23. The van der Waals surface area contributed by atoms with Gasteiger partial charge in [-0.3, -0.25) is 9.11 Å². The van der Waals surface area contributed by atoms with Gasteiger partial charge in [-0.15, -0.1) is 0 Å². The van der Waals surface area contributed by atoms with Gasteiger partial charge in [-0.05, 0) is 28.4 Å². The Morgan fingerprint density at radius 2 is 1.58 bits per heavy atom. The van der Waals surface area contributed by atoms with Gasteiger partial charge in [0.15, 0.2) is 4.98 Å². The van der Waals surface area contributed by atoms with Crippen molar-refractivity contribution in [2.45, 2.75) is 16.7 Å². The molecule has 0 aliphatic rings. The molecule has 0 bridgehead atoms. The summed E-state index contributed by atoms with van der Waals surface area (Å²) in [5.74, 6) is 0. The first-order valence-corrected chi connectivity index (χ1v) is 7.80. The van der Waals surface area contributed by atoms with E-state index in [1.165, 1.54) is 6.92 Å². The second kappa shape index (κ2) is 5.70. The molecular weight excluding hydrogens is 388 g/mol. The van der Waals surface area contributed by atoms with Crippen molar-refractivity contribution in [2.75, 3.05) is 0 Å². The zero-order valence-electron chi connectivity index (χ0n) is 9.07. The highest BCUT2D eigenvalue weighted by molar-refractivity contribution is 9.10. The number of hydrogen-bond donors (Lipinski definition) is 2. The third-order valence-electron chi connectivity index (χ3n) is 1.96. The Labute approximate surface area is 123 Å². The highest BCUT2D eigenvalue weighted by Crippen LogP contribution is 2.38. The van der Waals surface area contributed by atoms with Crippen LogP contribution in [0, 0.1) is 12.3 Å². The molecule has 0 fully saturated rings. The molecule has 0 radical (unpaired) electrons. The van der Waals surface area contributed by atoms with Crippen molar-refractivity contribution in [3.05, 3.63) is 21.1 Å². The van der Waals surface area contributed by atoms with E-state index in [9.17, 15) is 16.8 Å². The molecule has 0 unspecified atom stereocenters. The molecule has 1 aromatic rings. The van der Waals surface area contributed by atoms with Crippen molar-refractivity contribution in [1.82, 2.24) is 0 Å². The van der Waals surface area contributed by atoms with Crippen molar-refractivity contribution >= 4 is 41.9 Å². The highest BCUT2D eigenvalue weighted by atomic mass is 79.9. The van der Waals surface area contributed by atoms with Crippen molar-refractivity contribution in [3.63, 3.8) is 0 Å². The summed E-state index contributed by atoms with van der Waals surface area (Å²) in [5, 5.41) is 8.64. The fraction of sp³-hybridized carbons (Fsp3) is 0.143. The standard InChI is InChI=1S/C7H5BrN2O6S2.ClH/c1-3-2-4(10-9)6(17(11,12)13)7(5(3)8)18(14,15)16;/h2H,1H3,(H-,11,12,13,14,15,16);1H. The third kappa shape index (κ3) is 3.62. The van der Waals surface area contributed by atoms with Crippen molar-refractivity contribution in [3.8, 4) is 0 Å². The number of diazo groups is 1. The Kier molecular flexibility index (Phi) is 5.46. The summed E-state index contributed by atoms with van der Waals surface area (Å²) < 4.78 is 62.3. The maximum Gasteiger partial charge on any atom is 0.407 e. The van der Waals surface area contributed by atoms with Gasteiger partial charge < -0.3 is 12.4 Å². The van der Waals surface area contributed by atoms with Crippen LogP contribution in [-0.4, -0.2) is 25.9 Å². The van der Waals surface area contributed by atoms with Crippen LogP contribution in [0.1, 0.15) is 5.56 Å². The highest BCUT2D eigenvalue weighted by Gasteiger charge is 2.37. The molecule has 0 atom stereocenters. The van der Waals surface area contributed by atoms with E-state index in [4.69, 9.17) is 14.5 Å². The summed E-state index contributed by atoms with van der Waals surface area (Å²) in [5.41, 5.74) is -0.520. The number of rotatable bonds is 2. The molecule has 0 aromatic heterocycles. The summed E-state index contributed by atoms with van der Waals surface area (Å²) in [6, 6.07) is 1.02. The first-order chi connectivity index (χ1) is 8.00. The third-order valence-corrected chi connectivity index (χ3v) is 5.23. The Balaban J connectivity index is 0.00000324. The topological polar surface area (TPSA) is 137 Å². The predicted molar refractivity (Wildman–Crippen MR) is 63.3 cm³/mol. The molecular formula is C7H6BrClN2O6S2. The minimum absolute atomic E-state index is 0. The van der Waals surface area contributed by atoms with Crippen LogP contribution < -0.4 is 12.4 Å². The second-order valence-corrected chi connectivity index (χ2v) is 6.74. The van der Waals surface area contributed by atoms with Crippen LogP contribution in [0.5, 0.6) is 0 Å². The maximum atomic E-state index is 11.2. The molecule has 8 nitrogen and oxygen atoms in total. The van der Waals surface area contributed by atoms with Gasteiger partial charge in [0.2, 0.25) is 10.3 Å². The molecule has 0 saturated heterocycles. The molecule has 0 saturated carbocycles. The molecule has 0 spiro atoms. The minimum Gasteiger partial charge on any atom is -1.00 e. The number of aryl methyl sites for hydroxylation is 1. The molecule has 0 aliphatic heterocycles. The van der Waals surface area contributed by atoms with Crippen molar-refractivity contribution < 1.29 is 38.3 Å². The van der Waals surface area contributed by atoms with Crippen molar-refractivity contribution in [2.24, 2.45) is 0 Å². The van der Waals surface area contributed by atoms with Gasteiger partial charge in [-0.1, -0.05) is 0 Å². The SMILES string of the molecule is Cc1cc([N+]#N)c(S(=O)(=O)O)c(S(=O)(=O)O)c1Br.[Cl-]. The van der Waals surface area contributed by atoms with Crippen LogP contribution in [0.15, 0.2) is 20.3 Å². The molecule has 0 heterocycles. The van der Waals surface area contributed by atoms with E-state index < -0.39 is 35.7 Å². The quantitative estimate of drug-likeness (QED) is 0.472. The van der Waals surface area contributed by atoms with E-state index in [-0.39, 0.29) is 22.4 Å². The van der Waals surface area contributed by atoms with E-state index in [2.05, 4.69) is 20.9 Å².